The van der Waals surface area contributed by atoms with Gasteiger partial charge in [-0.3, -0.25) is 4.79 Å². The average Bonchev–Trinajstić information content (AvgIpc) is 2.35. The van der Waals surface area contributed by atoms with Crippen molar-refractivity contribution in [3.63, 3.8) is 0 Å². The van der Waals surface area contributed by atoms with Gasteiger partial charge in [-0.25, -0.2) is 0 Å². The highest BCUT2D eigenvalue weighted by molar-refractivity contribution is 5.94. The van der Waals surface area contributed by atoms with Crippen molar-refractivity contribution in [3.8, 4) is 5.75 Å². The molecule has 0 bridgehead atoms. The highest BCUT2D eigenvalue weighted by Gasteiger charge is 2.07. The number of hydrogen-bond donors (Lipinski definition) is 2. The molecule has 1 aromatic rings. The molecule has 0 heterocycles. The summed E-state index contributed by atoms with van der Waals surface area (Å²) in [6.45, 7) is 3.53. The molecule has 0 aliphatic rings. The van der Waals surface area contributed by atoms with Gasteiger partial charge in [0.05, 0.1) is 7.11 Å². The highest BCUT2D eigenvalue weighted by atomic mass is 16.5. The fourth-order valence-corrected chi connectivity index (χ4v) is 1.53. The lowest BCUT2D eigenvalue weighted by Gasteiger charge is -2.08. The van der Waals surface area contributed by atoms with E-state index in [1.165, 1.54) is 0 Å². The fraction of sp³-hybridized carbons (Fsp3) is 0.462. The Kier molecular flexibility index (Phi) is 5.49. The summed E-state index contributed by atoms with van der Waals surface area (Å²) in [6.07, 6.45) is 0.922. The summed E-state index contributed by atoms with van der Waals surface area (Å²) in [4.78, 5) is 11.8. The topological polar surface area (TPSA) is 50.4 Å². The maximum atomic E-state index is 11.8. The van der Waals surface area contributed by atoms with Gasteiger partial charge < -0.3 is 15.4 Å². The van der Waals surface area contributed by atoms with E-state index in [1.54, 1.807) is 13.2 Å². The summed E-state index contributed by atoms with van der Waals surface area (Å²) in [7, 11) is 3.50. The maximum Gasteiger partial charge on any atom is 0.251 e. The smallest absolute Gasteiger partial charge is 0.251 e. The molecule has 0 saturated carbocycles. The van der Waals surface area contributed by atoms with Crippen LogP contribution in [0.2, 0.25) is 0 Å². The Hall–Kier alpha value is -1.55. The van der Waals surface area contributed by atoms with E-state index in [0.29, 0.717) is 12.1 Å². The van der Waals surface area contributed by atoms with Gasteiger partial charge in [0.25, 0.3) is 5.91 Å². The third-order valence-corrected chi connectivity index (χ3v) is 2.56. The van der Waals surface area contributed by atoms with Crippen LogP contribution in [-0.4, -0.2) is 33.2 Å². The molecule has 0 aromatic heterocycles. The van der Waals surface area contributed by atoms with Crippen molar-refractivity contribution in [2.45, 2.75) is 13.3 Å². The van der Waals surface area contributed by atoms with Gasteiger partial charge >= 0.3 is 0 Å². The van der Waals surface area contributed by atoms with Gasteiger partial charge in [0.2, 0.25) is 0 Å². The molecule has 0 radical (unpaired) electrons. The molecule has 4 nitrogen and oxygen atoms in total. The quantitative estimate of drug-likeness (QED) is 0.733. The van der Waals surface area contributed by atoms with Crippen molar-refractivity contribution in [2.75, 3.05) is 27.2 Å². The van der Waals surface area contributed by atoms with E-state index < -0.39 is 0 Å². The van der Waals surface area contributed by atoms with Crippen molar-refractivity contribution in [2.24, 2.45) is 0 Å². The molecule has 1 amide bonds. The van der Waals surface area contributed by atoms with E-state index in [4.69, 9.17) is 4.74 Å². The van der Waals surface area contributed by atoms with Gasteiger partial charge in [0.1, 0.15) is 5.75 Å². The van der Waals surface area contributed by atoms with Gasteiger partial charge in [0.15, 0.2) is 0 Å². The van der Waals surface area contributed by atoms with E-state index in [2.05, 4.69) is 10.6 Å². The predicted octanol–water partition coefficient (Wildman–Crippen LogP) is 1.34. The SMILES string of the molecule is CNCCCNC(=O)c1ccc(C)c(OC)c1. The molecule has 17 heavy (non-hydrogen) atoms. The summed E-state index contributed by atoms with van der Waals surface area (Å²) >= 11 is 0. The monoisotopic (exact) mass is 236 g/mol. The van der Waals surface area contributed by atoms with Crippen molar-refractivity contribution in [1.29, 1.82) is 0 Å². The first-order valence-electron chi connectivity index (χ1n) is 5.76. The van der Waals surface area contributed by atoms with Crippen LogP contribution in [0.25, 0.3) is 0 Å². The second-order valence-corrected chi connectivity index (χ2v) is 3.90. The Morgan fingerprint density at radius 1 is 1.35 bits per heavy atom. The summed E-state index contributed by atoms with van der Waals surface area (Å²) in [5, 5.41) is 5.91. The van der Waals surface area contributed by atoms with E-state index in [1.807, 2.05) is 26.1 Å². The Labute approximate surface area is 102 Å². The van der Waals surface area contributed by atoms with Gasteiger partial charge in [0, 0.05) is 12.1 Å². The first-order valence-corrected chi connectivity index (χ1v) is 5.76. The van der Waals surface area contributed by atoms with Gasteiger partial charge in [-0.05, 0) is 44.6 Å². The summed E-state index contributed by atoms with van der Waals surface area (Å²) < 4.78 is 5.19. The molecule has 2 N–H and O–H groups in total. The van der Waals surface area contributed by atoms with Crippen LogP contribution in [0.15, 0.2) is 18.2 Å². The zero-order valence-electron chi connectivity index (χ0n) is 10.7. The molecule has 0 atom stereocenters. The number of carbonyl (C=O) groups excluding carboxylic acids is 1. The highest BCUT2D eigenvalue weighted by Crippen LogP contribution is 2.18. The first kappa shape index (κ1) is 13.5. The van der Waals surface area contributed by atoms with E-state index in [0.717, 1.165) is 24.3 Å². The number of amides is 1. The zero-order chi connectivity index (χ0) is 12.7. The molecule has 94 valence electrons. The number of ether oxygens (including phenoxy) is 1. The second kappa shape index (κ2) is 6.91. The minimum atomic E-state index is -0.0561. The average molecular weight is 236 g/mol. The molecule has 0 aliphatic heterocycles. The molecule has 1 aromatic carbocycles. The van der Waals surface area contributed by atoms with Crippen LogP contribution in [0.3, 0.4) is 0 Å². The van der Waals surface area contributed by atoms with Crippen LogP contribution in [0, 0.1) is 6.92 Å². The molecular formula is C13H20N2O2. The minimum Gasteiger partial charge on any atom is -0.496 e. The molecule has 0 aliphatic carbocycles. The molecule has 0 fully saturated rings. The van der Waals surface area contributed by atoms with Crippen molar-refractivity contribution in [1.82, 2.24) is 10.6 Å². The number of hydrogen-bond acceptors (Lipinski definition) is 3. The number of rotatable bonds is 6. The Morgan fingerprint density at radius 3 is 2.76 bits per heavy atom. The number of aryl methyl sites for hydroxylation is 1. The number of nitrogens with one attached hydrogen (secondary N) is 2. The Balaban J connectivity index is 2.57. The molecule has 0 unspecified atom stereocenters. The second-order valence-electron chi connectivity index (χ2n) is 3.90. The van der Waals surface area contributed by atoms with E-state index >= 15 is 0 Å². The lowest BCUT2D eigenvalue weighted by atomic mass is 10.1. The summed E-state index contributed by atoms with van der Waals surface area (Å²) in [5.41, 5.74) is 1.66. The Morgan fingerprint density at radius 2 is 2.12 bits per heavy atom. The minimum absolute atomic E-state index is 0.0561. The van der Waals surface area contributed by atoms with E-state index in [9.17, 15) is 4.79 Å². The molecular weight excluding hydrogens is 216 g/mol. The van der Waals surface area contributed by atoms with Crippen LogP contribution in [-0.2, 0) is 0 Å². The number of methoxy groups -OCH3 is 1. The fourth-order valence-electron chi connectivity index (χ4n) is 1.53. The normalized spacial score (nSPS) is 10.1. The lowest BCUT2D eigenvalue weighted by Crippen LogP contribution is -2.26. The number of carbonyl (C=O) groups is 1. The summed E-state index contributed by atoms with van der Waals surface area (Å²) in [6, 6.07) is 5.47. The predicted molar refractivity (Wildman–Crippen MR) is 68.6 cm³/mol. The zero-order valence-corrected chi connectivity index (χ0v) is 10.7. The van der Waals surface area contributed by atoms with Crippen LogP contribution < -0.4 is 15.4 Å². The van der Waals surface area contributed by atoms with Gasteiger partial charge in [-0.1, -0.05) is 6.07 Å². The van der Waals surface area contributed by atoms with E-state index in [-0.39, 0.29) is 5.91 Å². The van der Waals surface area contributed by atoms with Gasteiger partial charge in [-0.2, -0.15) is 0 Å². The summed E-state index contributed by atoms with van der Waals surface area (Å²) in [5.74, 6) is 0.687. The maximum absolute atomic E-state index is 11.8. The molecule has 0 spiro atoms. The van der Waals surface area contributed by atoms with Crippen molar-refractivity contribution >= 4 is 5.91 Å². The third kappa shape index (κ3) is 4.07. The molecule has 1 rings (SSSR count). The van der Waals surface area contributed by atoms with Crippen molar-refractivity contribution in [3.05, 3.63) is 29.3 Å². The van der Waals surface area contributed by atoms with Crippen LogP contribution in [0.4, 0.5) is 0 Å². The van der Waals surface area contributed by atoms with Crippen molar-refractivity contribution < 1.29 is 9.53 Å². The lowest BCUT2D eigenvalue weighted by molar-refractivity contribution is 0.0953. The van der Waals surface area contributed by atoms with Crippen LogP contribution >= 0.6 is 0 Å². The first-order chi connectivity index (χ1) is 8.19. The van der Waals surface area contributed by atoms with Gasteiger partial charge in [-0.15, -0.1) is 0 Å². The third-order valence-electron chi connectivity index (χ3n) is 2.56. The largest absolute Gasteiger partial charge is 0.496 e. The standard InChI is InChI=1S/C13H20N2O2/c1-10-5-6-11(9-12(10)17-3)13(16)15-8-4-7-14-2/h5-6,9,14H,4,7-8H2,1-3H3,(H,15,16). The van der Waals surface area contributed by atoms with Crippen LogP contribution in [0.5, 0.6) is 5.75 Å². The van der Waals surface area contributed by atoms with Crippen LogP contribution in [0.1, 0.15) is 22.3 Å². The Bertz CT molecular complexity index is 378. The molecule has 0 saturated heterocycles. The molecule has 4 heteroatoms. The number of benzene rings is 1.